The van der Waals surface area contributed by atoms with Crippen molar-refractivity contribution in [3.8, 4) is 0 Å². The molecule has 124 valence electrons. The third kappa shape index (κ3) is 4.78. The molecule has 0 saturated heterocycles. The number of allylic oxidation sites excluding steroid dienone is 1. The minimum atomic E-state index is -0.0891. The lowest BCUT2D eigenvalue weighted by Crippen LogP contribution is -2.25. The molecule has 1 aromatic rings. The molecule has 3 rings (SSSR count). The Morgan fingerprint density at radius 3 is 2.61 bits per heavy atom. The van der Waals surface area contributed by atoms with Gasteiger partial charge in [0.05, 0.1) is 5.56 Å². The minimum absolute atomic E-state index is 0.0891. The fraction of sp³-hybridized carbons (Fsp3) is 0.611. The van der Waals surface area contributed by atoms with E-state index in [2.05, 4.69) is 26.7 Å². The monoisotopic (exact) mass is 314 g/mol. The van der Waals surface area contributed by atoms with Crippen LogP contribution in [0, 0.1) is 0 Å². The van der Waals surface area contributed by atoms with Gasteiger partial charge in [-0.1, -0.05) is 24.5 Å². The van der Waals surface area contributed by atoms with Gasteiger partial charge in [0.15, 0.2) is 0 Å². The summed E-state index contributed by atoms with van der Waals surface area (Å²) >= 11 is 0. The van der Waals surface area contributed by atoms with Gasteiger partial charge in [-0.25, -0.2) is 9.97 Å². The van der Waals surface area contributed by atoms with E-state index in [0.717, 1.165) is 6.42 Å². The first-order valence-corrected chi connectivity index (χ1v) is 8.86. The molecule has 23 heavy (non-hydrogen) atoms. The van der Waals surface area contributed by atoms with E-state index in [1.807, 2.05) is 0 Å². The van der Waals surface area contributed by atoms with Gasteiger partial charge >= 0.3 is 0 Å². The van der Waals surface area contributed by atoms with Crippen molar-refractivity contribution >= 4 is 11.9 Å². The first kappa shape index (κ1) is 16.0. The predicted molar refractivity (Wildman–Crippen MR) is 91.4 cm³/mol. The molecule has 0 aromatic carbocycles. The second-order valence-corrected chi connectivity index (χ2v) is 6.54. The molecule has 2 aliphatic carbocycles. The Bertz CT molecular complexity index is 547. The van der Waals surface area contributed by atoms with E-state index in [1.165, 1.54) is 56.9 Å². The van der Waals surface area contributed by atoms with Gasteiger partial charge in [0.1, 0.15) is 0 Å². The van der Waals surface area contributed by atoms with Crippen LogP contribution in [0.15, 0.2) is 24.0 Å². The Kier molecular flexibility index (Phi) is 5.61. The number of carbonyl (C=O) groups excluding carboxylic acids is 1. The molecule has 0 radical (unpaired) electrons. The molecule has 1 amide bonds. The van der Waals surface area contributed by atoms with Crippen molar-refractivity contribution in [2.75, 3.05) is 11.9 Å². The van der Waals surface area contributed by atoms with E-state index in [1.54, 1.807) is 12.4 Å². The van der Waals surface area contributed by atoms with Gasteiger partial charge in [-0.3, -0.25) is 4.79 Å². The molecule has 0 unspecified atom stereocenters. The average molecular weight is 314 g/mol. The van der Waals surface area contributed by atoms with E-state index in [4.69, 9.17) is 0 Å². The number of carbonyl (C=O) groups is 1. The standard InChI is InChI=1S/C18H26N4O/c23-17(19-11-10-14-6-2-1-3-7-14)15-12-20-18(21-13-15)22-16-8-4-5-9-16/h6,12-13,16H,1-5,7-11H2,(H,19,23)(H,20,21,22). The Morgan fingerprint density at radius 1 is 1.13 bits per heavy atom. The number of rotatable bonds is 6. The fourth-order valence-electron chi connectivity index (χ4n) is 3.34. The summed E-state index contributed by atoms with van der Waals surface area (Å²) in [5.41, 5.74) is 2.00. The third-order valence-corrected chi connectivity index (χ3v) is 4.72. The normalized spacial score (nSPS) is 18.5. The van der Waals surface area contributed by atoms with Crippen LogP contribution < -0.4 is 10.6 Å². The molecule has 2 N–H and O–H groups in total. The molecule has 5 heteroatoms. The summed E-state index contributed by atoms with van der Waals surface area (Å²) in [5, 5.41) is 6.29. The predicted octanol–water partition coefficient (Wildman–Crippen LogP) is 3.45. The van der Waals surface area contributed by atoms with E-state index < -0.39 is 0 Å². The Morgan fingerprint density at radius 2 is 1.91 bits per heavy atom. The summed E-state index contributed by atoms with van der Waals surface area (Å²) in [5.74, 6) is 0.537. The molecule has 0 aliphatic heterocycles. The maximum absolute atomic E-state index is 12.1. The molecule has 1 heterocycles. The van der Waals surface area contributed by atoms with Crippen molar-refractivity contribution in [3.63, 3.8) is 0 Å². The summed E-state index contributed by atoms with van der Waals surface area (Å²) in [6.07, 6.45) is 16.4. The van der Waals surface area contributed by atoms with Gasteiger partial charge in [-0.15, -0.1) is 0 Å². The molecule has 1 fully saturated rings. The van der Waals surface area contributed by atoms with E-state index in [9.17, 15) is 4.79 Å². The van der Waals surface area contributed by atoms with Crippen molar-refractivity contribution < 1.29 is 4.79 Å². The zero-order chi connectivity index (χ0) is 15.9. The number of anilines is 1. The zero-order valence-corrected chi connectivity index (χ0v) is 13.7. The summed E-state index contributed by atoms with van der Waals surface area (Å²) in [7, 11) is 0. The summed E-state index contributed by atoms with van der Waals surface area (Å²) < 4.78 is 0. The van der Waals surface area contributed by atoms with E-state index >= 15 is 0 Å². The van der Waals surface area contributed by atoms with Gasteiger partial charge in [-0.2, -0.15) is 0 Å². The molecular weight excluding hydrogens is 288 g/mol. The molecule has 5 nitrogen and oxygen atoms in total. The summed E-state index contributed by atoms with van der Waals surface area (Å²) in [6.45, 7) is 0.687. The third-order valence-electron chi connectivity index (χ3n) is 4.72. The zero-order valence-electron chi connectivity index (χ0n) is 13.7. The minimum Gasteiger partial charge on any atom is -0.352 e. The maximum atomic E-state index is 12.1. The SMILES string of the molecule is O=C(NCCC1=CCCCC1)c1cnc(NC2CCCC2)nc1. The van der Waals surface area contributed by atoms with Crippen molar-refractivity contribution in [1.82, 2.24) is 15.3 Å². The van der Waals surface area contributed by atoms with Crippen molar-refractivity contribution in [2.24, 2.45) is 0 Å². The second kappa shape index (κ2) is 8.09. The van der Waals surface area contributed by atoms with Crippen LogP contribution in [-0.4, -0.2) is 28.5 Å². The highest BCUT2D eigenvalue weighted by Gasteiger charge is 2.15. The largest absolute Gasteiger partial charge is 0.352 e. The second-order valence-electron chi connectivity index (χ2n) is 6.54. The lowest BCUT2D eigenvalue weighted by Gasteiger charge is -2.13. The number of nitrogens with one attached hydrogen (secondary N) is 2. The molecule has 0 spiro atoms. The van der Waals surface area contributed by atoms with Crippen LogP contribution in [0.5, 0.6) is 0 Å². The van der Waals surface area contributed by atoms with Crippen molar-refractivity contribution in [1.29, 1.82) is 0 Å². The van der Waals surface area contributed by atoms with Gasteiger partial charge in [0, 0.05) is 25.0 Å². The lowest BCUT2D eigenvalue weighted by molar-refractivity contribution is 0.0953. The van der Waals surface area contributed by atoms with Crippen LogP contribution in [0.4, 0.5) is 5.95 Å². The van der Waals surface area contributed by atoms with Gasteiger partial charge in [0.25, 0.3) is 5.91 Å². The smallest absolute Gasteiger partial charge is 0.254 e. The van der Waals surface area contributed by atoms with Crippen LogP contribution in [-0.2, 0) is 0 Å². The van der Waals surface area contributed by atoms with Gasteiger partial charge < -0.3 is 10.6 Å². The van der Waals surface area contributed by atoms with Gasteiger partial charge in [0.2, 0.25) is 5.95 Å². The van der Waals surface area contributed by atoms with Crippen molar-refractivity contribution in [3.05, 3.63) is 29.6 Å². The molecule has 0 bridgehead atoms. The Hall–Kier alpha value is -1.91. The van der Waals surface area contributed by atoms with Crippen LogP contribution >= 0.6 is 0 Å². The molecule has 1 aromatic heterocycles. The number of hydrogen-bond donors (Lipinski definition) is 2. The van der Waals surface area contributed by atoms with E-state index in [0.29, 0.717) is 24.1 Å². The summed E-state index contributed by atoms with van der Waals surface area (Å²) in [6, 6.07) is 0.485. The molecule has 2 aliphatic rings. The summed E-state index contributed by atoms with van der Waals surface area (Å²) in [4.78, 5) is 20.6. The molecule has 0 atom stereocenters. The number of hydrogen-bond acceptors (Lipinski definition) is 4. The average Bonchev–Trinajstić information content (AvgIpc) is 3.09. The number of amides is 1. The highest BCUT2D eigenvalue weighted by molar-refractivity contribution is 5.93. The fourth-order valence-corrected chi connectivity index (χ4v) is 3.34. The Labute approximate surface area is 138 Å². The highest BCUT2D eigenvalue weighted by Crippen LogP contribution is 2.21. The number of aromatic nitrogens is 2. The lowest BCUT2D eigenvalue weighted by atomic mass is 9.97. The Balaban J connectivity index is 1.44. The first-order valence-electron chi connectivity index (χ1n) is 8.86. The van der Waals surface area contributed by atoms with E-state index in [-0.39, 0.29) is 5.91 Å². The van der Waals surface area contributed by atoms with Crippen LogP contribution in [0.3, 0.4) is 0 Å². The van der Waals surface area contributed by atoms with Crippen LogP contribution in [0.25, 0.3) is 0 Å². The topological polar surface area (TPSA) is 66.9 Å². The first-order chi connectivity index (χ1) is 11.3. The van der Waals surface area contributed by atoms with Crippen LogP contribution in [0.1, 0.15) is 68.1 Å². The molecular formula is C18H26N4O. The highest BCUT2D eigenvalue weighted by atomic mass is 16.1. The van der Waals surface area contributed by atoms with Crippen molar-refractivity contribution in [2.45, 2.75) is 63.8 Å². The number of nitrogens with zero attached hydrogens (tertiary/aromatic N) is 2. The molecule has 1 saturated carbocycles. The van der Waals surface area contributed by atoms with Crippen LogP contribution in [0.2, 0.25) is 0 Å². The maximum Gasteiger partial charge on any atom is 0.254 e. The van der Waals surface area contributed by atoms with Gasteiger partial charge in [-0.05, 0) is 44.9 Å². The quantitative estimate of drug-likeness (QED) is 0.789.